The van der Waals surface area contributed by atoms with Crippen molar-refractivity contribution in [2.75, 3.05) is 11.9 Å². The summed E-state index contributed by atoms with van der Waals surface area (Å²) in [5.74, 6) is -3.09. The summed E-state index contributed by atoms with van der Waals surface area (Å²) in [6, 6.07) is 13.2. The van der Waals surface area contributed by atoms with Crippen LogP contribution in [0.1, 0.15) is 11.1 Å². The number of nitrogens with one attached hydrogen (secondary N) is 1. The lowest BCUT2D eigenvalue weighted by atomic mass is 10.0. The minimum absolute atomic E-state index is 0.0326. The number of carboxylic acids is 1. The van der Waals surface area contributed by atoms with Crippen molar-refractivity contribution < 1.29 is 27.8 Å². The van der Waals surface area contributed by atoms with Gasteiger partial charge in [-0.3, -0.25) is 0 Å². The lowest BCUT2D eigenvalue weighted by molar-refractivity contribution is -0.139. The largest absolute Gasteiger partial charge is 0.479 e. The molecule has 7 heteroatoms. The fraction of sp³-hybridized carbons (Fsp3) is 0.136. The third-order valence-corrected chi connectivity index (χ3v) is 4.33. The van der Waals surface area contributed by atoms with Crippen molar-refractivity contribution in [2.24, 2.45) is 0 Å². The van der Waals surface area contributed by atoms with Crippen molar-refractivity contribution in [1.82, 2.24) is 0 Å². The maximum atomic E-state index is 14.7. The first-order valence-corrected chi connectivity index (χ1v) is 8.77. The third kappa shape index (κ3) is 4.87. The number of halogens is 3. The smallest absolute Gasteiger partial charge is 0.341 e. The molecular formula is C22H18F3NO3. The van der Waals surface area contributed by atoms with Crippen LogP contribution in [-0.2, 0) is 11.3 Å². The van der Waals surface area contributed by atoms with Gasteiger partial charge in [-0.25, -0.2) is 18.0 Å². The SMILES string of the molecule is Cc1ccc(OCC(=O)O)c(F)c1NCc1cc(-c2cccc(F)c2)ccc1F. The van der Waals surface area contributed by atoms with Crippen molar-refractivity contribution >= 4 is 11.7 Å². The van der Waals surface area contributed by atoms with Crippen LogP contribution >= 0.6 is 0 Å². The van der Waals surface area contributed by atoms with Crippen LogP contribution in [-0.4, -0.2) is 17.7 Å². The zero-order valence-corrected chi connectivity index (χ0v) is 15.5. The first-order valence-electron chi connectivity index (χ1n) is 8.77. The number of aryl methyl sites for hydroxylation is 1. The van der Waals surface area contributed by atoms with Gasteiger partial charge in [0.1, 0.15) is 11.6 Å². The number of rotatable bonds is 7. The number of ether oxygens (including phenoxy) is 1. The zero-order chi connectivity index (χ0) is 21.0. The van der Waals surface area contributed by atoms with Gasteiger partial charge in [-0.1, -0.05) is 24.3 Å². The average molecular weight is 401 g/mol. The predicted molar refractivity (Wildman–Crippen MR) is 103 cm³/mol. The molecule has 3 aromatic carbocycles. The van der Waals surface area contributed by atoms with Gasteiger partial charge in [0.25, 0.3) is 0 Å². The fourth-order valence-corrected chi connectivity index (χ4v) is 2.86. The topological polar surface area (TPSA) is 58.6 Å². The monoisotopic (exact) mass is 401 g/mol. The van der Waals surface area contributed by atoms with E-state index in [0.29, 0.717) is 16.7 Å². The number of hydrogen-bond acceptors (Lipinski definition) is 3. The van der Waals surface area contributed by atoms with Crippen LogP contribution in [0.4, 0.5) is 18.9 Å². The minimum Gasteiger partial charge on any atom is -0.479 e. The van der Waals surface area contributed by atoms with Gasteiger partial charge in [0.2, 0.25) is 0 Å². The van der Waals surface area contributed by atoms with Crippen LogP contribution in [0.15, 0.2) is 54.6 Å². The van der Waals surface area contributed by atoms with Crippen LogP contribution in [0.5, 0.6) is 5.75 Å². The Bertz CT molecular complexity index is 1050. The highest BCUT2D eigenvalue weighted by atomic mass is 19.1. The van der Waals surface area contributed by atoms with Gasteiger partial charge in [0.05, 0.1) is 5.69 Å². The van der Waals surface area contributed by atoms with E-state index in [0.717, 1.165) is 0 Å². The number of anilines is 1. The van der Waals surface area contributed by atoms with E-state index in [9.17, 15) is 18.0 Å². The third-order valence-electron chi connectivity index (χ3n) is 4.33. The first-order chi connectivity index (χ1) is 13.8. The second-order valence-electron chi connectivity index (χ2n) is 6.42. The molecule has 4 nitrogen and oxygen atoms in total. The van der Waals surface area contributed by atoms with Crippen LogP contribution < -0.4 is 10.1 Å². The maximum absolute atomic E-state index is 14.7. The summed E-state index contributed by atoms with van der Waals surface area (Å²) >= 11 is 0. The van der Waals surface area contributed by atoms with E-state index in [2.05, 4.69) is 5.32 Å². The van der Waals surface area contributed by atoms with E-state index in [1.807, 2.05) is 0 Å². The van der Waals surface area contributed by atoms with Crippen molar-refractivity contribution in [3.05, 3.63) is 83.2 Å². The second-order valence-corrected chi connectivity index (χ2v) is 6.42. The lowest BCUT2D eigenvalue weighted by Gasteiger charge is -2.15. The van der Waals surface area contributed by atoms with Crippen LogP contribution in [0.3, 0.4) is 0 Å². The molecule has 0 aliphatic rings. The van der Waals surface area contributed by atoms with E-state index in [1.165, 1.54) is 24.3 Å². The molecule has 0 aliphatic carbocycles. The summed E-state index contributed by atoms with van der Waals surface area (Å²) in [5, 5.41) is 11.5. The Morgan fingerprint density at radius 2 is 1.79 bits per heavy atom. The molecule has 0 spiro atoms. The highest BCUT2D eigenvalue weighted by molar-refractivity contribution is 5.69. The molecule has 0 heterocycles. The molecule has 0 unspecified atom stereocenters. The fourth-order valence-electron chi connectivity index (χ4n) is 2.86. The molecule has 0 saturated carbocycles. The molecule has 0 radical (unpaired) electrons. The highest BCUT2D eigenvalue weighted by Gasteiger charge is 2.14. The molecule has 3 aromatic rings. The average Bonchev–Trinajstić information content (AvgIpc) is 2.68. The van der Waals surface area contributed by atoms with E-state index in [-0.39, 0.29) is 23.5 Å². The van der Waals surface area contributed by atoms with Crippen molar-refractivity contribution in [3.8, 4) is 16.9 Å². The molecule has 29 heavy (non-hydrogen) atoms. The van der Waals surface area contributed by atoms with Crippen molar-refractivity contribution in [2.45, 2.75) is 13.5 Å². The predicted octanol–water partition coefficient (Wildman–Crippen LogP) is 5.15. The number of carbonyl (C=O) groups is 1. The standard InChI is InChI=1S/C22H18F3NO3/c1-13-5-8-19(29-12-20(27)28)21(25)22(13)26-11-16-9-15(6-7-18(16)24)14-3-2-4-17(23)10-14/h2-10,26H,11-12H2,1H3,(H,27,28). The highest BCUT2D eigenvalue weighted by Crippen LogP contribution is 2.29. The maximum Gasteiger partial charge on any atom is 0.341 e. The van der Waals surface area contributed by atoms with Gasteiger partial charge in [0.15, 0.2) is 18.2 Å². The number of hydrogen-bond donors (Lipinski definition) is 2. The molecule has 0 bridgehead atoms. The molecule has 0 fully saturated rings. The summed E-state index contributed by atoms with van der Waals surface area (Å²) in [4.78, 5) is 10.6. The van der Waals surface area contributed by atoms with Gasteiger partial charge in [-0.15, -0.1) is 0 Å². The Labute approximate surface area is 165 Å². The summed E-state index contributed by atoms with van der Waals surface area (Å²) in [5.41, 5.74) is 2.12. The number of benzene rings is 3. The summed E-state index contributed by atoms with van der Waals surface area (Å²) in [6.07, 6.45) is 0. The molecule has 3 rings (SSSR count). The molecule has 2 N–H and O–H groups in total. The van der Waals surface area contributed by atoms with E-state index in [1.54, 1.807) is 37.3 Å². The minimum atomic E-state index is -1.23. The zero-order valence-electron chi connectivity index (χ0n) is 15.5. The van der Waals surface area contributed by atoms with Crippen LogP contribution in [0.2, 0.25) is 0 Å². The van der Waals surface area contributed by atoms with Crippen LogP contribution in [0, 0.1) is 24.4 Å². The summed E-state index contributed by atoms with van der Waals surface area (Å²) < 4.78 is 47.3. The van der Waals surface area contributed by atoms with E-state index >= 15 is 0 Å². The Kier molecular flexibility index (Phi) is 6.07. The lowest BCUT2D eigenvalue weighted by Crippen LogP contribution is -2.12. The molecular weight excluding hydrogens is 383 g/mol. The Hall–Kier alpha value is -3.48. The van der Waals surface area contributed by atoms with Gasteiger partial charge in [0, 0.05) is 12.1 Å². The first kappa shape index (κ1) is 20.3. The van der Waals surface area contributed by atoms with Crippen molar-refractivity contribution in [1.29, 1.82) is 0 Å². The Morgan fingerprint density at radius 1 is 1.03 bits per heavy atom. The number of aliphatic carboxylic acids is 1. The van der Waals surface area contributed by atoms with E-state index < -0.39 is 30.0 Å². The van der Waals surface area contributed by atoms with Gasteiger partial charge in [-0.2, -0.15) is 0 Å². The van der Waals surface area contributed by atoms with Gasteiger partial charge in [-0.05, 0) is 53.9 Å². The normalized spacial score (nSPS) is 10.6. The molecule has 150 valence electrons. The second kappa shape index (κ2) is 8.68. The van der Waals surface area contributed by atoms with Crippen molar-refractivity contribution in [3.63, 3.8) is 0 Å². The quantitative estimate of drug-likeness (QED) is 0.575. The summed E-state index contributed by atoms with van der Waals surface area (Å²) in [7, 11) is 0. The molecule has 0 aromatic heterocycles. The molecule has 0 amide bonds. The summed E-state index contributed by atoms with van der Waals surface area (Å²) in [6.45, 7) is 0.949. The van der Waals surface area contributed by atoms with Gasteiger partial charge < -0.3 is 15.2 Å². The van der Waals surface area contributed by atoms with E-state index in [4.69, 9.17) is 9.84 Å². The number of carboxylic acid groups (broad SMARTS) is 1. The van der Waals surface area contributed by atoms with Gasteiger partial charge >= 0.3 is 5.97 Å². The molecule has 0 atom stereocenters. The Morgan fingerprint density at radius 3 is 2.52 bits per heavy atom. The molecule has 0 saturated heterocycles. The molecule has 0 aliphatic heterocycles. The Balaban J connectivity index is 1.83. The van der Waals surface area contributed by atoms with Crippen LogP contribution in [0.25, 0.3) is 11.1 Å².